The summed E-state index contributed by atoms with van der Waals surface area (Å²) in [5, 5.41) is 11.2. The van der Waals surface area contributed by atoms with Crippen LogP contribution in [0.2, 0.25) is 5.02 Å². The van der Waals surface area contributed by atoms with Gasteiger partial charge >= 0.3 is 0 Å². The van der Waals surface area contributed by atoms with Crippen molar-refractivity contribution in [3.63, 3.8) is 0 Å². The lowest BCUT2D eigenvalue weighted by Crippen LogP contribution is -2.43. The number of carbonyl (C=O) groups excluding carboxylic acids is 1. The Morgan fingerprint density at radius 1 is 0.932 bits per heavy atom. The first kappa shape index (κ1) is 30.9. The molecular weight excluding hydrogens is 596 g/mol. The Bertz CT molecular complexity index is 1580. The van der Waals surface area contributed by atoms with E-state index in [4.69, 9.17) is 16.3 Å². The first-order valence-corrected chi connectivity index (χ1v) is 17.8. The standard InChI is InChI=1S/C35H41ClN2O5S/c36-29-15-12-28-23-43-34-17-14-26-21-32(34)38(18-5-4-9-25(28)20-29)22-27-13-16-31(27)33(39)11-6-10-30(44(41,42)37-35(26)40)19-24-7-2-1-3-8-24/h1-3,7-8,12,14-15,17,20-21,27,30-31,33,39H,4-6,9-11,13,16,18-19,22-23H2,(H,37,40)/t27-,30+,31?,33?/m0/s1. The molecule has 0 aromatic heterocycles. The lowest BCUT2D eigenvalue weighted by atomic mass is 9.69. The van der Waals surface area contributed by atoms with E-state index >= 15 is 0 Å². The molecule has 1 saturated carbocycles. The Labute approximate surface area is 265 Å². The normalized spacial score (nSPS) is 25.8. The van der Waals surface area contributed by atoms with Crippen LogP contribution < -0.4 is 14.4 Å². The molecule has 3 aromatic carbocycles. The second-order valence-electron chi connectivity index (χ2n) is 12.6. The number of sulfonamides is 1. The van der Waals surface area contributed by atoms with Crippen molar-refractivity contribution < 1.29 is 23.1 Å². The van der Waals surface area contributed by atoms with Crippen molar-refractivity contribution in [2.45, 2.75) is 75.7 Å². The highest BCUT2D eigenvalue weighted by Gasteiger charge is 2.38. The molecule has 2 N–H and O–H groups in total. The van der Waals surface area contributed by atoms with Crippen LogP contribution in [0.25, 0.3) is 0 Å². The number of amides is 1. The molecule has 4 atom stereocenters. The molecule has 2 bridgehead atoms. The summed E-state index contributed by atoms with van der Waals surface area (Å²) in [5.41, 5.74) is 4.21. The van der Waals surface area contributed by atoms with Gasteiger partial charge in [-0.2, -0.15) is 0 Å². The SMILES string of the molecule is O=C1NS(=O)(=O)[C@@H](Cc2ccccc2)CCCC(O)C2CC[C@H]2CN2CCCCc3cc(Cl)ccc3COc3ccc1cc32. The molecular formula is C35H41ClN2O5S. The number of rotatable bonds is 2. The summed E-state index contributed by atoms with van der Waals surface area (Å²) >= 11 is 6.32. The number of aryl methyl sites for hydroxylation is 1. The average Bonchev–Trinajstić information content (AvgIpc) is 3.02. The van der Waals surface area contributed by atoms with Gasteiger partial charge in [-0.25, -0.2) is 13.1 Å². The maximum absolute atomic E-state index is 13.7. The third-order valence-electron chi connectivity index (χ3n) is 9.67. The van der Waals surface area contributed by atoms with Gasteiger partial charge in [0.25, 0.3) is 5.91 Å². The summed E-state index contributed by atoms with van der Waals surface area (Å²) in [6.45, 7) is 1.87. The van der Waals surface area contributed by atoms with Gasteiger partial charge in [-0.3, -0.25) is 4.79 Å². The predicted octanol–water partition coefficient (Wildman–Crippen LogP) is 6.30. The van der Waals surface area contributed by atoms with E-state index in [9.17, 15) is 18.3 Å². The zero-order valence-electron chi connectivity index (χ0n) is 25.0. The lowest BCUT2D eigenvalue weighted by molar-refractivity contribution is 0.00938. The van der Waals surface area contributed by atoms with Crippen LogP contribution in [0.15, 0.2) is 66.7 Å². The van der Waals surface area contributed by atoms with Crippen LogP contribution in [-0.2, 0) is 29.5 Å². The van der Waals surface area contributed by atoms with Crippen molar-refractivity contribution in [1.29, 1.82) is 0 Å². The third kappa shape index (κ3) is 7.08. The lowest BCUT2D eigenvalue weighted by Gasteiger charge is -2.43. The Hall–Kier alpha value is -3.07. The van der Waals surface area contributed by atoms with Gasteiger partial charge in [-0.1, -0.05) is 48.0 Å². The van der Waals surface area contributed by atoms with Crippen molar-refractivity contribution in [1.82, 2.24) is 4.72 Å². The number of anilines is 1. The van der Waals surface area contributed by atoms with E-state index in [0.717, 1.165) is 62.0 Å². The molecule has 6 rings (SSSR count). The van der Waals surface area contributed by atoms with Crippen molar-refractivity contribution in [3.8, 4) is 5.75 Å². The minimum absolute atomic E-state index is 0.168. The first-order chi connectivity index (χ1) is 21.3. The molecule has 1 amide bonds. The summed E-state index contributed by atoms with van der Waals surface area (Å²) < 4.78 is 36.2. The molecule has 2 aliphatic heterocycles. The van der Waals surface area contributed by atoms with E-state index in [2.05, 4.69) is 9.62 Å². The smallest absolute Gasteiger partial charge is 0.264 e. The van der Waals surface area contributed by atoms with Gasteiger partial charge in [0.1, 0.15) is 12.4 Å². The molecule has 7 nitrogen and oxygen atoms in total. The fourth-order valence-corrected chi connectivity index (χ4v) is 8.60. The maximum atomic E-state index is 13.7. The molecule has 9 heteroatoms. The second kappa shape index (κ2) is 13.5. The first-order valence-electron chi connectivity index (χ1n) is 15.8. The number of nitrogens with zero attached hydrogens (tertiary/aromatic N) is 1. The van der Waals surface area contributed by atoms with Crippen LogP contribution in [0.1, 0.15) is 72.0 Å². The molecule has 0 radical (unpaired) electrons. The Morgan fingerprint density at radius 3 is 2.57 bits per heavy atom. The van der Waals surface area contributed by atoms with Gasteiger partial charge in [0, 0.05) is 23.7 Å². The molecule has 1 aliphatic carbocycles. The van der Waals surface area contributed by atoms with Gasteiger partial charge < -0.3 is 14.7 Å². The zero-order chi connectivity index (χ0) is 30.7. The topological polar surface area (TPSA) is 95.9 Å². The van der Waals surface area contributed by atoms with E-state index in [0.29, 0.717) is 49.0 Å². The Morgan fingerprint density at radius 2 is 1.77 bits per heavy atom. The summed E-state index contributed by atoms with van der Waals surface area (Å²) in [5.74, 6) is 0.484. The van der Waals surface area contributed by atoms with Crippen LogP contribution in [-0.4, -0.2) is 43.9 Å². The van der Waals surface area contributed by atoms with Crippen LogP contribution >= 0.6 is 11.6 Å². The van der Waals surface area contributed by atoms with Crippen LogP contribution in [0, 0.1) is 11.8 Å². The van der Waals surface area contributed by atoms with Crippen LogP contribution in [0.5, 0.6) is 5.75 Å². The van der Waals surface area contributed by atoms with Gasteiger partial charge in [-0.15, -0.1) is 0 Å². The highest BCUT2D eigenvalue weighted by molar-refractivity contribution is 7.90. The van der Waals surface area contributed by atoms with E-state index in [1.54, 1.807) is 18.2 Å². The number of benzene rings is 3. The van der Waals surface area contributed by atoms with Crippen molar-refractivity contribution in [2.24, 2.45) is 11.8 Å². The predicted molar refractivity (Wildman–Crippen MR) is 174 cm³/mol. The maximum Gasteiger partial charge on any atom is 0.264 e. The zero-order valence-corrected chi connectivity index (χ0v) is 26.5. The number of ether oxygens (including phenoxy) is 1. The number of nitrogens with one attached hydrogen (secondary N) is 1. The van der Waals surface area contributed by atoms with Crippen LogP contribution in [0.4, 0.5) is 5.69 Å². The average molecular weight is 637 g/mol. The summed E-state index contributed by atoms with van der Waals surface area (Å²) in [6.07, 6.45) is 6.06. The number of aliphatic hydroxyl groups excluding tert-OH is 1. The summed E-state index contributed by atoms with van der Waals surface area (Å²) in [6, 6.07) is 20.6. The second-order valence-corrected chi connectivity index (χ2v) is 15.0. The molecule has 2 unspecified atom stereocenters. The molecule has 3 aromatic rings. The fraction of sp³-hybridized carbons (Fsp3) is 0.457. The van der Waals surface area contributed by atoms with Crippen molar-refractivity contribution >= 4 is 33.2 Å². The Balaban J connectivity index is 1.35. The van der Waals surface area contributed by atoms with Gasteiger partial charge in [0.2, 0.25) is 10.0 Å². The van der Waals surface area contributed by atoms with Gasteiger partial charge in [0.05, 0.1) is 17.0 Å². The van der Waals surface area contributed by atoms with Gasteiger partial charge in [0.15, 0.2) is 0 Å². The minimum atomic E-state index is -4.00. The molecule has 0 saturated heterocycles. The van der Waals surface area contributed by atoms with E-state index in [1.807, 2.05) is 48.5 Å². The number of halogens is 1. The highest BCUT2D eigenvalue weighted by Crippen LogP contribution is 2.41. The summed E-state index contributed by atoms with van der Waals surface area (Å²) in [4.78, 5) is 15.8. The number of hydrogen-bond acceptors (Lipinski definition) is 6. The molecule has 1 fully saturated rings. The Kier molecular flexibility index (Phi) is 9.50. The molecule has 234 valence electrons. The number of carbonyl (C=O) groups is 1. The minimum Gasteiger partial charge on any atom is -0.487 e. The number of hydrogen-bond donors (Lipinski definition) is 2. The highest BCUT2D eigenvalue weighted by atomic mass is 35.5. The number of aliphatic hydroxyl groups is 1. The largest absolute Gasteiger partial charge is 0.487 e. The molecule has 44 heavy (non-hydrogen) atoms. The van der Waals surface area contributed by atoms with Crippen molar-refractivity contribution in [2.75, 3.05) is 18.0 Å². The summed E-state index contributed by atoms with van der Waals surface area (Å²) in [7, 11) is -4.00. The fourth-order valence-electron chi connectivity index (χ4n) is 6.97. The van der Waals surface area contributed by atoms with Gasteiger partial charge in [-0.05, 0) is 117 Å². The van der Waals surface area contributed by atoms with Crippen LogP contribution in [0.3, 0.4) is 0 Å². The molecule has 0 spiro atoms. The van der Waals surface area contributed by atoms with E-state index in [-0.39, 0.29) is 11.5 Å². The molecule has 2 heterocycles. The quantitative estimate of drug-likeness (QED) is 0.343. The van der Waals surface area contributed by atoms with Crippen molar-refractivity contribution in [3.05, 3.63) is 94.0 Å². The molecule has 3 aliphatic rings. The third-order valence-corrected chi connectivity index (χ3v) is 11.7. The van der Waals surface area contributed by atoms with E-state index in [1.165, 1.54) is 5.56 Å². The number of fused-ring (bicyclic) bond motifs is 3. The van der Waals surface area contributed by atoms with E-state index < -0.39 is 27.3 Å². The monoisotopic (exact) mass is 636 g/mol.